The second-order valence-corrected chi connectivity index (χ2v) is 5.13. The molecule has 5 nitrogen and oxygen atoms in total. The summed E-state index contributed by atoms with van der Waals surface area (Å²) in [5, 5.41) is 21.7. The summed E-state index contributed by atoms with van der Waals surface area (Å²) in [5.74, 6) is 0.364. The van der Waals surface area contributed by atoms with Crippen LogP contribution < -0.4 is 0 Å². The van der Waals surface area contributed by atoms with Crippen molar-refractivity contribution in [3.8, 4) is 5.75 Å². The largest absolute Gasteiger partial charge is 0.508 e. The van der Waals surface area contributed by atoms with Gasteiger partial charge in [0.25, 0.3) is 0 Å². The molecule has 0 spiro atoms. The molecule has 108 valence electrons. The van der Waals surface area contributed by atoms with Crippen LogP contribution in [0.3, 0.4) is 0 Å². The molecule has 20 heavy (non-hydrogen) atoms. The van der Waals surface area contributed by atoms with Gasteiger partial charge in [-0.3, -0.25) is 4.79 Å². The summed E-state index contributed by atoms with van der Waals surface area (Å²) in [5.41, 5.74) is 1.60. The van der Waals surface area contributed by atoms with Gasteiger partial charge >= 0.3 is 0 Å². The molecule has 1 fully saturated rings. The molecule has 2 N–H and O–H groups in total. The van der Waals surface area contributed by atoms with E-state index in [0.29, 0.717) is 19.5 Å². The first kappa shape index (κ1) is 14.4. The van der Waals surface area contributed by atoms with Crippen molar-refractivity contribution in [3.63, 3.8) is 0 Å². The number of phenols is 1. The summed E-state index contributed by atoms with van der Waals surface area (Å²) >= 11 is 0. The van der Waals surface area contributed by atoms with Crippen molar-refractivity contribution < 1.29 is 15.1 Å². The van der Waals surface area contributed by atoms with Gasteiger partial charge in [-0.05, 0) is 24.1 Å². The van der Waals surface area contributed by atoms with E-state index >= 15 is 0 Å². The molecule has 1 amide bonds. The number of phenolic OH excluding ortho intramolecular Hbond substituents is 1. The van der Waals surface area contributed by atoms with Crippen LogP contribution in [-0.4, -0.2) is 39.9 Å². The standard InChI is InChI=1S/C15H20N2O3/c1-2-12-10-17(7-6-14(12)16-20)15(19)9-11-4-3-5-13(18)8-11/h3-5,8,12,18,20H,2,6-7,9-10H2,1H3/b16-14+. The normalized spacial score (nSPS) is 21.1. The fraction of sp³-hybridized carbons (Fsp3) is 0.467. The molecule has 0 bridgehead atoms. The van der Waals surface area contributed by atoms with Gasteiger partial charge in [-0.1, -0.05) is 24.2 Å². The Morgan fingerprint density at radius 2 is 2.30 bits per heavy atom. The van der Waals surface area contributed by atoms with E-state index < -0.39 is 0 Å². The molecule has 2 rings (SSSR count). The van der Waals surface area contributed by atoms with Crippen LogP contribution >= 0.6 is 0 Å². The molecule has 1 aromatic rings. The molecular formula is C15H20N2O3. The van der Waals surface area contributed by atoms with E-state index in [2.05, 4.69) is 5.16 Å². The SMILES string of the molecule is CCC1CN(C(=O)Cc2cccc(O)c2)CC/C1=N\O. The zero-order chi connectivity index (χ0) is 14.5. The van der Waals surface area contributed by atoms with Gasteiger partial charge in [0.05, 0.1) is 12.1 Å². The van der Waals surface area contributed by atoms with E-state index in [9.17, 15) is 9.90 Å². The third kappa shape index (κ3) is 3.29. The Morgan fingerprint density at radius 3 is 2.95 bits per heavy atom. The number of benzene rings is 1. The van der Waals surface area contributed by atoms with E-state index in [0.717, 1.165) is 17.7 Å². The van der Waals surface area contributed by atoms with Crippen LogP contribution in [0.4, 0.5) is 0 Å². The third-order valence-electron chi connectivity index (χ3n) is 3.79. The number of aromatic hydroxyl groups is 1. The molecule has 0 saturated carbocycles. The average molecular weight is 276 g/mol. The summed E-state index contributed by atoms with van der Waals surface area (Å²) in [7, 11) is 0. The highest BCUT2D eigenvalue weighted by atomic mass is 16.4. The molecule has 1 saturated heterocycles. The minimum Gasteiger partial charge on any atom is -0.508 e. The van der Waals surface area contributed by atoms with Crippen molar-refractivity contribution >= 4 is 11.6 Å². The Kier molecular flexibility index (Phi) is 4.61. The van der Waals surface area contributed by atoms with Gasteiger partial charge in [0.2, 0.25) is 5.91 Å². The third-order valence-corrected chi connectivity index (χ3v) is 3.79. The van der Waals surface area contributed by atoms with Gasteiger partial charge in [0.1, 0.15) is 5.75 Å². The summed E-state index contributed by atoms with van der Waals surface area (Å²) in [6, 6.07) is 6.77. The van der Waals surface area contributed by atoms with Crippen LogP contribution in [0.25, 0.3) is 0 Å². The Morgan fingerprint density at radius 1 is 1.50 bits per heavy atom. The Labute approximate surface area is 118 Å². The van der Waals surface area contributed by atoms with Crippen LogP contribution in [0.5, 0.6) is 5.75 Å². The Balaban J connectivity index is 2.00. The van der Waals surface area contributed by atoms with Gasteiger partial charge in [-0.2, -0.15) is 0 Å². The smallest absolute Gasteiger partial charge is 0.227 e. The maximum absolute atomic E-state index is 12.3. The lowest BCUT2D eigenvalue weighted by Gasteiger charge is -2.33. The van der Waals surface area contributed by atoms with Crippen LogP contribution in [0, 0.1) is 5.92 Å². The number of carbonyl (C=O) groups is 1. The number of amides is 1. The number of likely N-dealkylation sites (tertiary alicyclic amines) is 1. The van der Waals surface area contributed by atoms with Crippen LogP contribution in [0.2, 0.25) is 0 Å². The van der Waals surface area contributed by atoms with Crippen molar-refractivity contribution in [3.05, 3.63) is 29.8 Å². The van der Waals surface area contributed by atoms with E-state index in [-0.39, 0.29) is 24.0 Å². The Hall–Kier alpha value is -2.04. The molecule has 0 radical (unpaired) electrons. The molecule has 5 heteroatoms. The lowest BCUT2D eigenvalue weighted by molar-refractivity contribution is -0.131. The number of hydrogen-bond donors (Lipinski definition) is 2. The fourth-order valence-electron chi connectivity index (χ4n) is 2.59. The zero-order valence-electron chi connectivity index (χ0n) is 11.6. The number of hydrogen-bond acceptors (Lipinski definition) is 4. The van der Waals surface area contributed by atoms with E-state index in [4.69, 9.17) is 5.21 Å². The van der Waals surface area contributed by atoms with Crippen LogP contribution in [0.15, 0.2) is 29.4 Å². The molecule has 1 aliphatic heterocycles. The second kappa shape index (κ2) is 6.41. The first-order valence-corrected chi connectivity index (χ1v) is 6.90. The van der Waals surface area contributed by atoms with Gasteiger partial charge < -0.3 is 15.2 Å². The molecule has 1 aromatic carbocycles. The maximum Gasteiger partial charge on any atom is 0.227 e. The molecule has 1 unspecified atom stereocenters. The topological polar surface area (TPSA) is 73.1 Å². The van der Waals surface area contributed by atoms with Gasteiger partial charge in [0.15, 0.2) is 0 Å². The molecular weight excluding hydrogens is 256 g/mol. The predicted molar refractivity (Wildman–Crippen MR) is 76.0 cm³/mol. The second-order valence-electron chi connectivity index (χ2n) is 5.13. The van der Waals surface area contributed by atoms with Crippen LogP contribution in [0.1, 0.15) is 25.3 Å². The zero-order valence-corrected chi connectivity index (χ0v) is 11.6. The highest BCUT2D eigenvalue weighted by Crippen LogP contribution is 2.19. The Bertz CT molecular complexity index is 514. The van der Waals surface area contributed by atoms with E-state index in [1.54, 1.807) is 18.2 Å². The summed E-state index contributed by atoms with van der Waals surface area (Å²) in [6.45, 7) is 3.22. The highest BCUT2D eigenvalue weighted by molar-refractivity contribution is 5.89. The number of rotatable bonds is 3. The first-order valence-electron chi connectivity index (χ1n) is 6.90. The summed E-state index contributed by atoms with van der Waals surface area (Å²) in [4.78, 5) is 14.1. The van der Waals surface area contributed by atoms with Crippen LogP contribution in [-0.2, 0) is 11.2 Å². The molecule has 1 heterocycles. The quantitative estimate of drug-likeness (QED) is 0.655. The van der Waals surface area contributed by atoms with E-state index in [1.165, 1.54) is 0 Å². The van der Waals surface area contributed by atoms with Gasteiger partial charge in [0, 0.05) is 25.4 Å². The monoisotopic (exact) mass is 276 g/mol. The van der Waals surface area contributed by atoms with Gasteiger partial charge in [-0.25, -0.2) is 0 Å². The first-order chi connectivity index (χ1) is 9.63. The number of nitrogens with zero attached hydrogens (tertiary/aromatic N) is 2. The average Bonchev–Trinajstić information content (AvgIpc) is 2.46. The van der Waals surface area contributed by atoms with Crippen molar-refractivity contribution in [2.24, 2.45) is 11.1 Å². The molecule has 0 aromatic heterocycles. The number of oxime groups is 1. The fourth-order valence-corrected chi connectivity index (χ4v) is 2.59. The molecule has 0 aliphatic carbocycles. The van der Waals surface area contributed by atoms with Gasteiger partial charge in [-0.15, -0.1) is 0 Å². The number of piperidine rings is 1. The lowest BCUT2D eigenvalue weighted by atomic mass is 9.93. The van der Waals surface area contributed by atoms with Crippen molar-refractivity contribution in [2.45, 2.75) is 26.2 Å². The number of carbonyl (C=O) groups excluding carboxylic acids is 1. The van der Waals surface area contributed by atoms with Crippen molar-refractivity contribution in [1.82, 2.24) is 4.90 Å². The van der Waals surface area contributed by atoms with Crippen molar-refractivity contribution in [1.29, 1.82) is 0 Å². The lowest BCUT2D eigenvalue weighted by Crippen LogP contribution is -2.44. The minimum atomic E-state index is 0.0473. The summed E-state index contributed by atoms with van der Waals surface area (Å²) < 4.78 is 0. The van der Waals surface area contributed by atoms with E-state index in [1.807, 2.05) is 17.9 Å². The minimum absolute atomic E-state index is 0.0473. The van der Waals surface area contributed by atoms with Crippen molar-refractivity contribution in [2.75, 3.05) is 13.1 Å². The maximum atomic E-state index is 12.3. The molecule has 1 aliphatic rings. The predicted octanol–water partition coefficient (Wildman–Crippen LogP) is 2.02. The highest BCUT2D eigenvalue weighted by Gasteiger charge is 2.27. The molecule has 1 atom stereocenters. The summed E-state index contributed by atoms with van der Waals surface area (Å²) in [6.07, 6.45) is 1.77.